The average molecular weight is 357 g/mol. The fraction of sp³-hybridized carbons (Fsp3) is 0.722. The molecular weight excluding hydrogens is 326 g/mol. The lowest BCUT2D eigenvalue weighted by Crippen LogP contribution is -2.53. The topological polar surface area (TPSA) is 115 Å². The van der Waals surface area contributed by atoms with Crippen molar-refractivity contribution in [1.82, 2.24) is 0 Å². The standard InChI is InChI=1S/C18H31NO6/c1-2-3-4-5-6-7-8-12-19(13-9-16(20)21,14-10-17(22)23)15-11-18(24)25/h2-3H,4-15H2,1H3,(H2-,20,21,22,23,24,25)/b3-2+. The lowest BCUT2D eigenvalue weighted by atomic mass is 10.1. The van der Waals surface area contributed by atoms with Gasteiger partial charge in [0.05, 0.1) is 39.0 Å². The van der Waals surface area contributed by atoms with Crippen LogP contribution in [0, 0.1) is 0 Å². The Balaban J connectivity index is 4.73. The van der Waals surface area contributed by atoms with Crippen LogP contribution in [0.3, 0.4) is 0 Å². The molecule has 0 saturated heterocycles. The molecule has 0 saturated carbocycles. The van der Waals surface area contributed by atoms with Gasteiger partial charge in [-0.1, -0.05) is 18.6 Å². The van der Waals surface area contributed by atoms with Crippen LogP contribution < -0.4 is 5.11 Å². The van der Waals surface area contributed by atoms with Crippen molar-refractivity contribution < 1.29 is 34.2 Å². The number of hydrogen-bond acceptors (Lipinski definition) is 4. The SMILES string of the molecule is C/C=C/CCCCCC[N+](CCC(=O)[O-])(CCC(=O)O)CCC(=O)O. The molecule has 0 amide bonds. The molecule has 0 aromatic heterocycles. The van der Waals surface area contributed by atoms with Crippen molar-refractivity contribution in [3.63, 3.8) is 0 Å². The van der Waals surface area contributed by atoms with Crippen molar-refractivity contribution in [1.29, 1.82) is 0 Å². The van der Waals surface area contributed by atoms with Crippen LogP contribution in [0.2, 0.25) is 0 Å². The maximum atomic E-state index is 10.9. The van der Waals surface area contributed by atoms with Gasteiger partial charge in [0.15, 0.2) is 0 Å². The van der Waals surface area contributed by atoms with E-state index >= 15 is 0 Å². The Morgan fingerprint density at radius 1 is 0.840 bits per heavy atom. The highest BCUT2D eigenvalue weighted by Gasteiger charge is 2.28. The first-order chi connectivity index (χ1) is 11.8. The summed E-state index contributed by atoms with van der Waals surface area (Å²) in [5, 5.41) is 28.8. The van der Waals surface area contributed by atoms with Gasteiger partial charge in [-0.2, -0.15) is 0 Å². The molecule has 0 unspecified atom stereocenters. The highest BCUT2D eigenvalue weighted by atomic mass is 16.4. The number of carboxylic acid groups (broad SMARTS) is 3. The molecule has 0 radical (unpaired) electrons. The molecule has 0 fully saturated rings. The Kier molecular flexibility index (Phi) is 12.4. The van der Waals surface area contributed by atoms with Gasteiger partial charge in [-0.25, -0.2) is 0 Å². The quantitative estimate of drug-likeness (QED) is 0.245. The molecule has 25 heavy (non-hydrogen) atoms. The van der Waals surface area contributed by atoms with Gasteiger partial charge < -0.3 is 24.6 Å². The number of carbonyl (C=O) groups excluding carboxylic acids is 1. The second-order valence-corrected chi connectivity index (χ2v) is 6.42. The van der Waals surface area contributed by atoms with Gasteiger partial charge in [-0.15, -0.1) is 0 Å². The Hall–Kier alpha value is -1.89. The van der Waals surface area contributed by atoms with Crippen LogP contribution in [0.15, 0.2) is 12.2 Å². The van der Waals surface area contributed by atoms with E-state index in [2.05, 4.69) is 6.08 Å². The Labute approximate surface area is 149 Å². The minimum atomic E-state index is -1.19. The molecule has 0 bridgehead atoms. The third kappa shape index (κ3) is 13.1. The summed E-state index contributed by atoms with van der Waals surface area (Å²) in [6, 6.07) is 0. The van der Waals surface area contributed by atoms with E-state index < -0.39 is 17.9 Å². The van der Waals surface area contributed by atoms with Crippen LogP contribution in [-0.2, 0) is 14.4 Å². The molecule has 0 aliphatic carbocycles. The Morgan fingerprint density at radius 3 is 1.84 bits per heavy atom. The van der Waals surface area contributed by atoms with Crippen LogP contribution in [0.1, 0.15) is 58.3 Å². The molecule has 0 heterocycles. The maximum absolute atomic E-state index is 10.9. The van der Waals surface area contributed by atoms with Crippen molar-refractivity contribution >= 4 is 17.9 Å². The number of unbranched alkanes of at least 4 members (excludes halogenated alkanes) is 4. The van der Waals surface area contributed by atoms with E-state index in [4.69, 9.17) is 10.2 Å². The summed E-state index contributed by atoms with van der Waals surface area (Å²) in [4.78, 5) is 32.7. The van der Waals surface area contributed by atoms with Crippen molar-refractivity contribution in [3.8, 4) is 0 Å². The molecule has 7 nitrogen and oxygen atoms in total. The molecule has 144 valence electrons. The number of carboxylic acids is 3. The summed E-state index contributed by atoms with van der Waals surface area (Å²) in [5.74, 6) is -3.12. The summed E-state index contributed by atoms with van der Waals surface area (Å²) in [6.07, 6.45) is 8.66. The van der Waals surface area contributed by atoms with Crippen molar-refractivity contribution in [3.05, 3.63) is 12.2 Å². The smallest absolute Gasteiger partial charge is 0.309 e. The molecule has 0 spiro atoms. The largest absolute Gasteiger partial charge is 0.550 e. The molecule has 0 aromatic rings. The predicted molar refractivity (Wildman–Crippen MR) is 91.8 cm³/mol. The van der Waals surface area contributed by atoms with Crippen LogP contribution in [0.5, 0.6) is 0 Å². The Morgan fingerprint density at radius 2 is 1.36 bits per heavy atom. The zero-order valence-corrected chi connectivity index (χ0v) is 15.1. The minimum Gasteiger partial charge on any atom is -0.550 e. The number of hydrogen-bond donors (Lipinski definition) is 2. The van der Waals surface area contributed by atoms with E-state index in [1.54, 1.807) is 0 Å². The van der Waals surface area contributed by atoms with Crippen molar-refractivity contribution in [2.24, 2.45) is 0 Å². The highest BCUT2D eigenvalue weighted by Crippen LogP contribution is 2.16. The molecule has 0 aliphatic heterocycles. The van der Waals surface area contributed by atoms with Crippen LogP contribution in [0.4, 0.5) is 0 Å². The lowest BCUT2D eigenvalue weighted by Gasteiger charge is -2.38. The third-order valence-corrected chi connectivity index (χ3v) is 4.38. The minimum absolute atomic E-state index is 0.103. The molecule has 0 aliphatic rings. The van der Waals surface area contributed by atoms with Gasteiger partial charge in [-0.05, 0) is 32.6 Å². The van der Waals surface area contributed by atoms with Gasteiger partial charge in [0, 0.05) is 12.4 Å². The molecule has 0 aromatic carbocycles. The van der Waals surface area contributed by atoms with Crippen LogP contribution in [0.25, 0.3) is 0 Å². The van der Waals surface area contributed by atoms with E-state index in [0.717, 1.165) is 32.1 Å². The fourth-order valence-corrected chi connectivity index (χ4v) is 2.89. The summed E-state index contributed by atoms with van der Waals surface area (Å²) in [5.41, 5.74) is 0. The van der Waals surface area contributed by atoms with E-state index in [0.29, 0.717) is 6.54 Å². The predicted octanol–water partition coefficient (Wildman–Crippen LogP) is 1.42. The molecule has 2 N–H and O–H groups in total. The molecule has 0 rings (SSSR count). The first kappa shape index (κ1) is 23.1. The van der Waals surface area contributed by atoms with Gasteiger partial charge in [0.2, 0.25) is 0 Å². The van der Waals surface area contributed by atoms with Gasteiger partial charge in [0.1, 0.15) is 0 Å². The Bertz CT molecular complexity index is 401. The molecular formula is C18H31NO6. The summed E-state index contributed by atoms with van der Waals surface area (Å²) in [7, 11) is 0. The van der Waals surface area contributed by atoms with Gasteiger partial charge >= 0.3 is 11.9 Å². The second kappa shape index (κ2) is 13.4. The number of carbonyl (C=O) groups is 3. The van der Waals surface area contributed by atoms with E-state index in [1.807, 2.05) is 13.0 Å². The summed E-state index contributed by atoms with van der Waals surface area (Å²) >= 11 is 0. The number of quaternary nitrogens is 1. The number of nitrogens with zero attached hydrogens (tertiary/aromatic N) is 1. The molecule has 0 atom stereocenters. The second-order valence-electron chi connectivity index (χ2n) is 6.42. The third-order valence-electron chi connectivity index (χ3n) is 4.38. The van der Waals surface area contributed by atoms with E-state index in [-0.39, 0.29) is 43.4 Å². The summed E-state index contributed by atoms with van der Waals surface area (Å²) in [6.45, 7) is 3.27. The average Bonchev–Trinajstić information content (AvgIpc) is 2.54. The lowest BCUT2D eigenvalue weighted by molar-refractivity contribution is -0.927. The normalized spacial score (nSPS) is 11.7. The van der Waals surface area contributed by atoms with Crippen LogP contribution >= 0.6 is 0 Å². The van der Waals surface area contributed by atoms with Gasteiger partial charge in [0.25, 0.3) is 0 Å². The van der Waals surface area contributed by atoms with E-state index in [9.17, 15) is 19.5 Å². The monoisotopic (exact) mass is 357 g/mol. The zero-order valence-electron chi connectivity index (χ0n) is 15.1. The van der Waals surface area contributed by atoms with Crippen molar-refractivity contribution in [2.45, 2.75) is 58.3 Å². The first-order valence-corrected chi connectivity index (χ1v) is 8.91. The van der Waals surface area contributed by atoms with Gasteiger partial charge in [-0.3, -0.25) is 9.59 Å². The van der Waals surface area contributed by atoms with E-state index in [1.165, 1.54) is 0 Å². The highest BCUT2D eigenvalue weighted by molar-refractivity contribution is 5.67. The maximum Gasteiger partial charge on any atom is 0.309 e. The summed E-state index contributed by atoms with van der Waals surface area (Å²) < 4.78 is 0.210. The van der Waals surface area contributed by atoms with Crippen LogP contribution in [-0.4, -0.2) is 58.8 Å². The van der Waals surface area contributed by atoms with Crippen molar-refractivity contribution in [2.75, 3.05) is 26.2 Å². The molecule has 7 heteroatoms. The number of allylic oxidation sites excluding steroid dienone is 2. The first-order valence-electron chi connectivity index (χ1n) is 8.91. The number of aliphatic carboxylic acids is 3. The number of rotatable bonds is 16. The fourth-order valence-electron chi connectivity index (χ4n) is 2.89. The zero-order chi connectivity index (χ0) is 19.1.